The van der Waals surface area contributed by atoms with E-state index in [-0.39, 0.29) is 0 Å². The molecule has 0 aromatic heterocycles. The minimum atomic E-state index is -5.44. The molecule has 0 aliphatic carbocycles. The smallest absolute Gasteiger partial charge is 0.196 e. The van der Waals surface area contributed by atoms with E-state index in [9.17, 15) is 22.0 Å². The fourth-order valence-corrected chi connectivity index (χ4v) is 2.35. The highest BCUT2D eigenvalue weighted by molar-refractivity contribution is 14.1. The molecule has 1 atom stereocenters. The topological polar surface area (TPSA) is 0 Å². The molecule has 0 aromatic carbocycles. The maximum absolute atomic E-state index is 12.8. The van der Waals surface area contributed by atoms with Crippen molar-refractivity contribution in [3.8, 4) is 0 Å². The van der Waals surface area contributed by atoms with Gasteiger partial charge in [-0.15, -0.1) is 0 Å². The van der Waals surface area contributed by atoms with Gasteiger partial charge in [0.1, 0.15) is 0 Å². The molecule has 0 radical (unpaired) electrons. The average Bonchev–Trinajstić information content (AvgIpc) is 2.01. The molecule has 1 unspecified atom stereocenters. The number of halogens is 6. The molecule has 0 saturated carbocycles. The number of rotatable bonds is 5. The van der Waals surface area contributed by atoms with E-state index >= 15 is 0 Å². The predicted octanol–water partition coefficient (Wildman–Crippen LogP) is 4.96. The zero-order chi connectivity index (χ0) is 12.3. The van der Waals surface area contributed by atoms with Crippen molar-refractivity contribution in [2.45, 2.75) is 55.1 Å². The van der Waals surface area contributed by atoms with Crippen LogP contribution in [-0.2, 0) is 0 Å². The fourth-order valence-electron chi connectivity index (χ4n) is 1.34. The Balaban J connectivity index is 4.68. The second-order valence-electron chi connectivity index (χ2n) is 3.63. The van der Waals surface area contributed by atoms with Crippen LogP contribution in [0.25, 0.3) is 0 Å². The lowest BCUT2D eigenvalue weighted by Crippen LogP contribution is -2.42. The Labute approximate surface area is 99.7 Å². The number of hydrogen-bond acceptors (Lipinski definition) is 0. The van der Waals surface area contributed by atoms with Gasteiger partial charge < -0.3 is 0 Å². The van der Waals surface area contributed by atoms with Crippen LogP contribution in [0.4, 0.5) is 22.0 Å². The molecule has 0 nitrogen and oxygen atoms in total. The van der Waals surface area contributed by atoms with Gasteiger partial charge in [0.2, 0.25) is 0 Å². The molecule has 92 valence electrons. The minimum Gasteiger partial charge on any atom is -0.196 e. The number of hydrogen-bond donors (Lipinski definition) is 0. The van der Waals surface area contributed by atoms with Crippen molar-refractivity contribution in [1.29, 1.82) is 0 Å². The highest BCUT2D eigenvalue weighted by Gasteiger charge is 2.59. The molecule has 0 saturated heterocycles. The summed E-state index contributed by atoms with van der Waals surface area (Å²) in [7, 11) is 0. The van der Waals surface area contributed by atoms with Gasteiger partial charge in [0.15, 0.2) is 0 Å². The molecule has 0 N–H and O–H groups in total. The lowest BCUT2D eigenvalue weighted by atomic mass is 9.93. The van der Waals surface area contributed by atoms with Gasteiger partial charge in [0.25, 0.3) is 0 Å². The molecule has 0 amide bonds. The van der Waals surface area contributed by atoms with Gasteiger partial charge in [0, 0.05) is 9.84 Å². The molecule has 6 heteroatoms. The first-order valence-corrected chi connectivity index (χ1v) is 5.79. The van der Waals surface area contributed by atoms with Crippen LogP contribution in [0.3, 0.4) is 0 Å². The van der Waals surface area contributed by atoms with E-state index < -0.39 is 21.9 Å². The molecule has 15 heavy (non-hydrogen) atoms. The standard InChI is InChI=1S/C9H14F5I/c1-3-5-7(15,4-2)6-8(10,11)9(12,13)14/h3-6H2,1-2H3. The normalized spacial score (nSPS) is 17.6. The van der Waals surface area contributed by atoms with Crippen molar-refractivity contribution < 1.29 is 22.0 Å². The van der Waals surface area contributed by atoms with E-state index in [4.69, 9.17) is 0 Å². The molecule has 0 rings (SSSR count). The van der Waals surface area contributed by atoms with Crippen LogP contribution in [0, 0.1) is 0 Å². The second kappa shape index (κ2) is 5.14. The van der Waals surface area contributed by atoms with Crippen LogP contribution in [-0.4, -0.2) is 15.5 Å². The second-order valence-corrected chi connectivity index (χ2v) is 5.92. The van der Waals surface area contributed by atoms with Crippen molar-refractivity contribution >= 4 is 22.6 Å². The minimum absolute atomic E-state index is 0.313. The van der Waals surface area contributed by atoms with E-state index in [0.717, 1.165) is 0 Å². The highest BCUT2D eigenvalue weighted by atomic mass is 127. The van der Waals surface area contributed by atoms with E-state index in [2.05, 4.69) is 0 Å². The summed E-state index contributed by atoms with van der Waals surface area (Å²) >= 11 is 1.72. The van der Waals surface area contributed by atoms with Gasteiger partial charge in [0.05, 0.1) is 0 Å². The van der Waals surface area contributed by atoms with E-state index in [0.29, 0.717) is 19.3 Å². The largest absolute Gasteiger partial charge is 0.453 e. The number of alkyl halides is 6. The van der Waals surface area contributed by atoms with Crippen molar-refractivity contribution in [2.75, 3.05) is 0 Å². The maximum atomic E-state index is 12.8. The zero-order valence-electron chi connectivity index (χ0n) is 8.60. The van der Waals surface area contributed by atoms with Crippen LogP contribution >= 0.6 is 22.6 Å². The summed E-state index contributed by atoms with van der Waals surface area (Å²) in [6, 6.07) is 0. The molecule has 0 fully saturated rings. The fraction of sp³-hybridized carbons (Fsp3) is 1.00. The van der Waals surface area contributed by atoms with Crippen molar-refractivity contribution in [3.05, 3.63) is 0 Å². The zero-order valence-corrected chi connectivity index (χ0v) is 10.8. The third-order valence-corrected chi connectivity index (χ3v) is 3.97. The molecule has 0 aromatic rings. The van der Waals surface area contributed by atoms with Crippen LogP contribution in [0.1, 0.15) is 39.5 Å². The van der Waals surface area contributed by atoms with Crippen LogP contribution in [0.5, 0.6) is 0 Å². The summed E-state index contributed by atoms with van der Waals surface area (Å²) in [5.74, 6) is -4.58. The summed E-state index contributed by atoms with van der Waals surface area (Å²) in [5.41, 5.74) is 0. The van der Waals surface area contributed by atoms with Crippen molar-refractivity contribution in [3.63, 3.8) is 0 Å². The van der Waals surface area contributed by atoms with Crippen molar-refractivity contribution in [1.82, 2.24) is 0 Å². The van der Waals surface area contributed by atoms with Gasteiger partial charge in [-0.05, 0) is 12.8 Å². The summed E-state index contributed by atoms with van der Waals surface area (Å²) in [6.07, 6.45) is -5.28. The van der Waals surface area contributed by atoms with Gasteiger partial charge in [-0.25, -0.2) is 0 Å². The molecule has 0 heterocycles. The average molecular weight is 344 g/mol. The Kier molecular flexibility index (Phi) is 5.27. The van der Waals surface area contributed by atoms with E-state index in [1.807, 2.05) is 0 Å². The summed E-state index contributed by atoms with van der Waals surface area (Å²) in [4.78, 5) is 0. The summed E-state index contributed by atoms with van der Waals surface area (Å²) in [6.45, 7) is 3.41. The van der Waals surface area contributed by atoms with Gasteiger partial charge in [-0.2, -0.15) is 22.0 Å². The Morgan fingerprint density at radius 3 is 1.73 bits per heavy atom. The van der Waals surface area contributed by atoms with E-state index in [1.54, 1.807) is 36.4 Å². The lowest BCUT2D eigenvalue weighted by molar-refractivity contribution is -0.286. The van der Waals surface area contributed by atoms with Crippen molar-refractivity contribution in [2.24, 2.45) is 0 Å². The monoisotopic (exact) mass is 344 g/mol. The molecular weight excluding hydrogens is 330 g/mol. The third kappa shape index (κ3) is 4.40. The first-order chi connectivity index (χ1) is 6.58. The predicted molar refractivity (Wildman–Crippen MR) is 57.6 cm³/mol. The SMILES string of the molecule is CCCC(I)(CC)CC(F)(F)C(F)(F)F. The first kappa shape index (κ1) is 15.4. The highest BCUT2D eigenvalue weighted by Crippen LogP contribution is 2.46. The molecule has 0 bridgehead atoms. The molecule has 0 aliphatic rings. The Morgan fingerprint density at radius 2 is 1.47 bits per heavy atom. The van der Waals surface area contributed by atoms with Gasteiger partial charge >= 0.3 is 12.1 Å². The van der Waals surface area contributed by atoms with E-state index in [1.165, 1.54) is 0 Å². The third-order valence-electron chi connectivity index (χ3n) is 2.29. The Hall–Kier alpha value is 0.380. The molecule has 0 spiro atoms. The maximum Gasteiger partial charge on any atom is 0.453 e. The quantitative estimate of drug-likeness (QED) is 0.376. The summed E-state index contributed by atoms with van der Waals surface area (Å²) in [5, 5.41) is 0. The van der Waals surface area contributed by atoms with Gasteiger partial charge in [-0.3, -0.25) is 0 Å². The summed E-state index contributed by atoms with van der Waals surface area (Å²) < 4.78 is 60.6. The molecular formula is C9H14F5I. The molecule has 0 aliphatic heterocycles. The Morgan fingerprint density at radius 1 is 1.00 bits per heavy atom. The van der Waals surface area contributed by atoms with Crippen LogP contribution in [0.2, 0.25) is 0 Å². The van der Waals surface area contributed by atoms with Crippen LogP contribution < -0.4 is 0 Å². The lowest BCUT2D eigenvalue weighted by Gasteiger charge is -2.31. The van der Waals surface area contributed by atoms with Gasteiger partial charge in [-0.1, -0.05) is 42.9 Å². The van der Waals surface area contributed by atoms with Crippen LogP contribution in [0.15, 0.2) is 0 Å². The Bertz CT molecular complexity index is 201. The first-order valence-electron chi connectivity index (χ1n) is 4.71.